The van der Waals surface area contributed by atoms with Crippen LogP contribution in [0, 0.1) is 5.92 Å². The maximum absolute atomic E-state index is 12.2. The Balaban J connectivity index is 2.50. The van der Waals surface area contributed by atoms with Crippen molar-refractivity contribution < 1.29 is 10.0 Å². The second kappa shape index (κ2) is 7.77. The minimum Gasteiger partial charge on any atom is -0.353 e. The molecule has 1 aliphatic rings. The second-order valence-corrected chi connectivity index (χ2v) is 8.56. The van der Waals surface area contributed by atoms with Crippen LogP contribution in [-0.4, -0.2) is 39.3 Å². The average molecular weight is 327 g/mol. The van der Waals surface area contributed by atoms with Gasteiger partial charge >= 0.3 is 0 Å². The molecular formula is C18H36N3O2+. The number of nitrogens with one attached hydrogen (secondary N) is 1. The maximum Gasteiger partial charge on any atom is 0.224 e. The molecule has 5 nitrogen and oxygen atoms in total. The Morgan fingerprint density at radius 1 is 1.30 bits per heavy atom. The lowest BCUT2D eigenvalue weighted by molar-refractivity contribution is -0.246. The fourth-order valence-electron chi connectivity index (χ4n) is 3.64. The SMILES string of the molecule is CC(C)C[C@H](N)/C=C/CC(=O)NC1CC(C)(C)N([OH2+])C(C)(C)C1. The molecule has 0 bridgehead atoms. The van der Waals surface area contributed by atoms with Crippen LogP contribution in [0.1, 0.15) is 67.2 Å². The zero-order chi connectivity index (χ0) is 17.8. The number of carbonyl (C=O) groups excluding carboxylic acids is 1. The van der Waals surface area contributed by atoms with Gasteiger partial charge in [-0.2, -0.15) is 0 Å². The molecule has 1 heterocycles. The molecule has 0 saturated carbocycles. The van der Waals surface area contributed by atoms with Crippen LogP contribution in [0.25, 0.3) is 0 Å². The first-order valence-corrected chi connectivity index (χ1v) is 8.67. The van der Waals surface area contributed by atoms with Crippen molar-refractivity contribution in [3.63, 3.8) is 0 Å². The second-order valence-electron chi connectivity index (χ2n) is 8.56. The van der Waals surface area contributed by atoms with Crippen LogP contribution in [-0.2, 0) is 4.79 Å². The minimum absolute atomic E-state index is 0.0206. The van der Waals surface area contributed by atoms with Crippen molar-refractivity contribution in [3.8, 4) is 0 Å². The highest BCUT2D eigenvalue weighted by Crippen LogP contribution is 2.36. The minimum atomic E-state index is -0.241. The molecular weight excluding hydrogens is 290 g/mol. The number of nitrogens with zero attached hydrogens (tertiary/aromatic N) is 1. The first-order chi connectivity index (χ1) is 10.4. The molecule has 5 N–H and O–H groups in total. The van der Waals surface area contributed by atoms with Gasteiger partial charge in [0.25, 0.3) is 0 Å². The van der Waals surface area contributed by atoms with E-state index >= 15 is 0 Å². The number of amides is 1. The Labute approximate surface area is 141 Å². The molecule has 134 valence electrons. The predicted octanol–water partition coefficient (Wildman–Crippen LogP) is 2.08. The number of rotatable bonds is 6. The number of piperidine rings is 1. The normalized spacial score (nSPS) is 23.3. The summed E-state index contributed by atoms with van der Waals surface area (Å²) in [4.78, 5) is 12.2. The van der Waals surface area contributed by atoms with E-state index in [9.17, 15) is 4.79 Å². The van der Waals surface area contributed by atoms with E-state index in [2.05, 4.69) is 46.9 Å². The molecule has 1 atom stereocenters. The number of carbonyl (C=O) groups is 1. The molecule has 0 aliphatic carbocycles. The Bertz CT molecular complexity index is 412. The van der Waals surface area contributed by atoms with Crippen LogP contribution in [0.3, 0.4) is 0 Å². The highest BCUT2D eigenvalue weighted by atomic mass is 16.5. The van der Waals surface area contributed by atoms with Crippen molar-refractivity contribution in [2.24, 2.45) is 11.7 Å². The number of hydroxylamine groups is 2. The van der Waals surface area contributed by atoms with Gasteiger partial charge in [-0.15, -0.1) is 0 Å². The third-order valence-electron chi connectivity index (χ3n) is 4.50. The highest BCUT2D eigenvalue weighted by molar-refractivity contribution is 5.77. The molecule has 1 saturated heterocycles. The average Bonchev–Trinajstić information content (AvgIpc) is 2.34. The third-order valence-corrected chi connectivity index (χ3v) is 4.50. The van der Waals surface area contributed by atoms with Crippen LogP contribution in [0.2, 0.25) is 0 Å². The first kappa shape index (κ1) is 20.1. The van der Waals surface area contributed by atoms with Crippen molar-refractivity contribution in [1.82, 2.24) is 10.4 Å². The van der Waals surface area contributed by atoms with Crippen LogP contribution in [0.4, 0.5) is 0 Å². The molecule has 1 rings (SSSR count). The van der Waals surface area contributed by atoms with Gasteiger partial charge < -0.3 is 16.3 Å². The predicted molar refractivity (Wildman–Crippen MR) is 96.0 cm³/mol. The van der Waals surface area contributed by atoms with Crippen molar-refractivity contribution in [2.45, 2.75) is 90.4 Å². The van der Waals surface area contributed by atoms with Gasteiger partial charge in [-0.1, -0.05) is 31.1 Å². The summed E-state index contributed by atoms with van der Waals surface area (Å²) in [6, 6.07) is 0.138. The fraction of sp³-hybridized carbons (Fsp3) is 0.833. The molecule has 23 heavy (non-hydrogen) atoms. The Kier molecular flexibility index (Phi) is 6.81. The Morgan fingerprint density at radius 2 is 1.83 bits per heavy atom. The van der Waals surface area contributed by atoms with Gasteiger partial charge in [-0.3, -0.25) is 4.79 Å². The molecule has 0 unspecified atom stereocenters. The number of nitrogens with two attached hydrogens (primary N) is 1. The van der Waals surface area contributed by atoms with E-state index in [1.165, 1.54) is 0 Å². The van der Waals surface area contributed by atoms with E-state index in [1.807, 2.05) is 12.2 Å². The summed E-state index contributed by atoms with van der Waals surface area (Å²) in [5, 5.41) is 13.1. The van der Waals surface area contributed by atoms with Gasteiger partial charge in [-0.25, -0.2) is 0 Å². The number of hydrogen-bond donors (Lipinski definition) is 2. The summed E-state index contributed by atoms with van der Waals surface area (Å²) >= 11 is 0. The summed E-state index contributed by atoms with van der Waals surface area (Å²) < 4.78 is 0. The lowest BCUT2D eigenvalue weighted by atomic mass is 9.79. The molecule has 0 aromatic heterocycles. The standard InChI is InChI=1S/C18H35N3O2/c1-13(2)10-14(19)8-7-9-16(22)20-15-11-17(3,4)21(23)18(5,6)12-15/h7-8,13-15,23H,9-12,19H2,1-6H3,(H,20,22)/p+1/b8-7+/t14-/m1/s1. The summed E-state index contributed by atoms with van der Waals surface area (Å²) in [5.74, 6) is 0.594. The van der Waals surface area contributed by atoms with Crippen molar-refractivity contribution in [1.29, 1.82) is 0 Å². The van der Waals surface area contributed by atoms with E-state index in [4.69, 9.17) is 10.9 Å². The van der Waals surface area contributed by atoms with Crippen molar-refractivity contribution in [2.75, 3.05) is 0 Å². The highest BCUT2D eigenvalue weighted by Gasteiger charge is 2.48. The summed E-state index contributed by atoms with van der Waals surface area (Å²) in [6.45, 7) is 12.5. The largest absolute Gasteiger partial charge is 0.353 e. The molecule has 0 aromatic carbocycles. The van der Waals surface area contributed by atoms with Gasteiger partial charge in [0.15, 0.2) is 0 Å². The number of hydrogen-bond acceptors (Lipinski definition) is 3. The topological polar surface area (TPSA) is 81.3 Å². The monoisotopic (exact) mass is 326 g/mol. The Morgan fingerprint density at radius 3 is 2.30 bits per heavy atom. The lowest BCUT2D eigenvalue weighted by Crippen LogP contribution is -2.62. The Hall–Kier alpha value is -0.910. The zero-order valence-electron chi connectivity index (χ0n) is 15.6. The summed E-state index contributed by atoms with van der Waals surface area (Å²) in [7, 11) is 0. The van der Waals surface area contributed by atoms with E-state index in [1.54, 1.807) is 5.06 Å². The van der Waals surface area contributed by atoms with E-state index in [-0.39, 0.29) is 29.1 Å². The van der Waals surface area contributed by atoms with Gasteiger partial charge in [0, 0.05) is 18.5 Å². The summed E-state index contributed by atoms with van der Waals surface area (Å²) in [5.41, 5.74) is 5.50. The van der Waals surface area contributed by atoms with Crippen molar-refractivity contribution >= 4 is 5.91 Å². The maximum atomic E-state index is 12.2. The zero-order valence-corrected chi connectivity index (χ0v) is 15.6. The third kappa shape index (κ3) is 6.24. The quantitative estimate of drug-likeness (QED) is 0.579. The first-order valence-electron chi connectivity index (χ1n) is 8.67. The van der Waals surface area contributed by atoms with E-state index in [0.717, 1.165) is 19.3 Å². The summed E-state index contributed by atoms with van der Waals surface area (Å²) in [6.07, 6.45) is 6.69. The van der Waals surface area contributed by atoms with Crippen LogP contribution >= 0.6 is 0 Å². The van der Waals surface area contributed by atoms with Gasteiger partial charge in [0.2, 0.25) is 5.91 Å². The van der Waals surface area contributed by atoms with Gasteiger partial charge in [0.1, 0.15) is 0 Å². The van der Waals surface area contributed by atoms with E-state index in [0.29, 0.717) is 12.3 Å². The molecule has 1 amide bonds. The molecule has 0 aromatic rings. The van der Waals surface area contributed by atoms with Crippen LogP contribution in [0.15, 0.2) is 12.2 Å². The fourth-order valence-corrected chi connectivity index (χ4v) is 3.64. The lowest BCUT2D eigenvalue weighted by Gasteiger charge is -2.47. The molecule has 1 fully saturated rings. The van der Waals surface area contributed by atoms with Gasteiger partial charge in [0.05, 0.1) is 11.1 Å². The molecule has 5 heteroatoms. The van der Waals surface area contributed by atoms with Crippen LogP contribution < -0.4 is 11.1 Å². The smallest absolute Gasteiger partial charge is 0.224 e. The van der Waals surface area contributed by atoms with E-state index < -0.39 is 0 Å². The van der Waals surface area contributed by atoms with Gasteiger partial charge in [-0.05, 0) is 52.9 Å². The molecule has 0 radical (unpaired) electrons. The molecule has 0 spiro atoms. The molecule has 1 aliphatic heterocycles. The van der Waals surface area contributed by atoms with Crippen molar-refractivity contribution in [3.05, 3.63) is 12.2 Å². The van der Waals surface area contributed by atoms with Crippen LogP contribution in [0.5, 0.6) is 0 Å².